The van der Waals surface area contributed by atoms with Gasteiger partial charge in [0, 0.05) is 48.7 Å². The van der Waals surface area contributed by atoms with Crippen LogP contribution in [0.15, 0.2) is 110 Å². The summed E-state index contributed by atoms with van der Waals surface area (Å²) in [6, 6.07) is 19.6. The predicted molar refractivity (Wildman–Crippen MR) is 281 cm³/mol. The molecule has 9 aromatic rings. The number of hydrogen-bond donors (Lipinski definition) is 6. The third kappa shape index (κ3) is 19.6. The Labute approximate surface area is 483 Å². The number of aliphatic carboxylic acids is 1. The summed E-state index contributed by atoms with van der Waals surface area (Å²) in [4.78, 5) is 77.0. The zero-order valence-electron chi connectivity index (χ0n) is 44.5. The Morgan fingerprint density at radius 3 is 1.53 bits per heavy atom. The van der Waals surface area contributed by atoms with Crippen molar-refractivity contribution in [1.29, 1.82) is 0 Å². The molecule has 464 valence electrons. The van der Waals surface area contributed by atoms with Crippen molar-refractivity contribution in [1.82, 2.24) is 59.4 Å². The van der Waals surface area contributed by atoms with E-state index >= 15 is 0 Å². The second-order valence-electron chi connectivity index (χ2n) is 18.0. The van der Waals surface area contributed by atoms with Gasteiger partial charge in [0.15, 0.2) is 40.1 Å². The van der Waals surface area contributed by atoms with Crippen LogP contribution in [0.2, 0.25) is 0 Å². The van der Waals surface area contributed by atoms with Crippen molar-refractivity contribution in [2.75, 3.05) is 28.4 Å². The number of nitrogens with one attached hydrogen (secondary N) is 5. The van der Waals surface area contributed by atoms with Gasteiger partial charge in [-0.25, -0.2) is 49.8 Å². The van der Waals surface area contributed by atoms with Gasteiger partial charge in [-0.05, 0) is 54.1 Å². The average Bonchev–Trinajstić information content (AvgIpc) is 1.74. The topological polar surface area (TPSA) is 278 Å². The fourth-order valence-electron chi connectivity index (χ4n) is 7.26. The lowest BCUT2D eigenvalue weighted by molar-refractivity contribution is -0.152. The van der Waals surface area contributed by atoms with Gasteiger partial charge in [-0.2, -0.15) is 65.9 Å². The zero-order valence-corrected chi connectivity index (χ0v) is 44.5. The van der Waals surface area contributed by atoms with Crippen LogP contribution < -0.4 is 26.0 Å². The maximum absolute atomic E-state index is 13.4. The van der Waals surface area contributed by atoms with Crippen LogP contribution in [-0.4, -0.2) is 108 Å². The number of nitrogens with zero attached hydrogens (tertiary/aromatic N) is 11. The van der Waals surface area contributed by atoms with Crippen LogP contribution in [0.4, 0.5) is 101 Å². The number of aromatic nitrogens is 12. The normalized spacial score (nSPS) is 11.9. The molecule has 0 aliphatic carbocycles. The monoisotopic (exact) mass is 1250 g/mol. The van der Waals surface area contributed by atoms with E-state index < -0.39 is 98.6 Å². The van der Waals surface area contributed by atoms with Gasteiger partial charge in [0.05, 0.1) is 52.0 Å². The van der Waals surface area contributed by atoms with Gasteiger partial charge in [-0.1, -0.05) is 24.3 Å². The fourth-order valence-corrected chi connectivity index (χ4v) is 7.26. The molecule has 0 aliphatic rings. The standard InChI is InChI=1S/C28H22F6N8O2.C20H14F6N8O.C4H5F3O2/c1-44-18-7-5-16(6-8-18)14-42-15-36-23-25(37-17-10-12-35-21(13-17)39-22(43)9-11-27(29,30)31)40-24(41-26(23)42)19-3-2-4-20(38-19)28(32,33)34;21-19(22,23)6-4-14(35)32-13-8-10(5-7-27-13)30-18-15-17(29-9-28-15)33-16(34-18)11-2-1-3-12(31-11)20(24,25)26;5-4(6,7)2-1-3(8)9/h2-8,10,12-13,15H,9,11,14H2,1H3,(H2,35,37,39,40,41,43);1-3,5,7-9H,4,6H2,(H3,27,28,29,30,32,33,34,35);1-2H2,(H,8,9). The van der Waals surface area contributed by atoms with Crippen molar-refractivity contribution in [2.24, 2.45) is 0 Å². The lowest BCUT2D eigenvalue weighted by Gasteiger charge is -2.12. The Balaban J connectivity index is 0.000000224. The Morgan fingerprint density at radius 2 is 1.06 bits per heavy atom. The smallest absolute Gasteiger partial charge is 0.433 e. The van der Waals surface area contributed by atoms with Crippen LogP contribution in [0, 0.1) is 0 Å². The highest BCUT2D eigenvalue weighted by Crippen LogP contribution is 2.34. The first-order chi connectivity index (χ1) is 41.3. The molecule has 8 aromatic heterocycles. The Bertz CT molecular complexity index is 3890. The predicted octanol–water partition coefficient (Wildman–Crippen LogP) is 12.7. The molecule has 0 radical (unpaired) electrons. The van der Waals surface area contributed by atoms with Gasteiger partial charge >= 0.3 is 36.9 Å². The van der Waals surface area contributed by atoms with Crippen LogP contribution in [0.3, 0.4) is 0 Å². The molecule has 8 heterocycles. The molecule has 0 spiro atoms. The number of ether oxygens (including phenoxy) is 1. The molecule has 0 aliphatic heterocycles. The summed E-state index contributed by atoms with van der Waals surface area (Å²) in [6.07, 6.45) is -23.5. The minimum atomic E-state index is -4.70. The molecular formula is C52H41F15N16O5. The van der Waals surface area contributed by atoms with Crippen molar-refractivity contribution < 1.29 is 90.1 Å². The number of halogens is 15. The number of hydrogen-bond acceptors (Lipinski definition) is 16. The first kappa shape index (κ1) is 65.2. The molecule has 1 aromatic carbocycles. The van der Waals surface area contributed by atoms with Gasteiger partial charge in [0.25, 0.3) is 0 Å². The van der Waals surface area contributed by atoms with E-state index in [2.05, 4.69) is 76.1 Å². The number of H-pyrrole nitrogens is 1. The van der Waals surface area contributed by atoms with Crippen LogP contribution >= 0.6 is 0 Å². The summed E-state index contributed by atoms with van der Waals surface area (Å²) >= 11 is 0. The number of methoxy groups -OCH3 is 1. The number of benzene rings is 1. The van der Waals surface area contributed by atoms with Gasteiger partial charge in [-0.15, -0.1) is 0 Å². The van der Waals surface area contributed by atoms with E-state index in [0.717, 1.165) is 17.7 Å². The summed E-state index contributed by atoms with van der Waals surface area (Å²) in [5.74, 6) is -2.61. The Kier molecular flexibility index (Phi) is 20.3. The molecule has 21 nitrogen and oxygen atoms in total. The highest BCUT2D eigenvalue weighted by atomic mass is 19.4. The number of carboxylic acid groups (broad SMARTS) is 1. The maximum atomic E-state index is 13.4. The number of amides is 2. The molecule has 0 unspecified atom stereocenters. The van der Waals surface area contributed by atoms with Crippen molar-refractivity contribution in [3.8, 4) is 28.8 Å². The van der Waals surface area contributed by atoms with Crippen molar-refractivity contribution in [2.45, 2.75) is 76.0 Å². The number of anilines is 6. The largest absolute Gasteiger partial charge is 0.497 e. The highest BCUT2D eigenvalue weighted by Gasteiger charge is 2.35. The Morgan fingerprint density at radius 1 is 0.568 bits per heavy atom. The van der Waals surface area contributed by atoms with E-state index in [1.807, 2.05) is 12.1 Å². The fraction of sp³-hybridized carbons (Fsp3) is 0.250. The first-order valence-electron chi connectivity index (χ1n) is 24.9. The molecule has 9 rings (SSSR count). The number of imidazole rings is 2. The number of alkyl halides is 15. The SMILES string of the molecule is COc1ccc(Cn2cnc3c(Nc4ccnc(NC(=O)CCC(F)(F)F)c4)nc(-c4cccc(C(F)(F)F)n4)nc32)cc1.O=C(CCC(F)(F)F)Nc1cc(Nc2nc(-c3cccc(C(F)(F)F)n3)nc3nc[nH]c23)ccn1.O=C(O)CCC(F)(F)F. The van der Waals surface area contributed by atoms with Crippen molar-refractivity contribution in [3.05, 3.63) is 127 Å². The third-order valence-electron chi connectivity index (χ3n) is 11.3. The van der Waals surface area contributed by atoms with E-state index in [1.165, 1.54) is 73.6 Å². The van der Waals surface area contributed by atoms with E-state index in [-0.39, 0.29) is 63.1 Å². The average molecular weight is 1250 g/mol. The molecule has 0 atom stereocenters. The summed E-state index contributed by atoms with van der Waals surface area (Å²) in [7, 11) is 1.54. The summed E-state index contributed by atoms with van der Waals surface area (Å²) in [6.45, 7) is 0.301. The molecule has 0 saturated carbocycles. The quantitative estimate of drug-likeness (QED) is 0.0462. The highest BCUT2D eigenvalue weighted by molar-refractivity contribution is 5.92. The summed E-state index contributed by atoms with van der Waals surface area (Å²) in [5.41, 5.74) is -0.0204. The van der Waals surface area contributed by atoms with E-state index in [0.29, 0.717) is 29.2 Å². The number of pyridine rings is 4. The maximum Gasteiger partial charge on any atom is 0.433 e. The number of aromatic amines is 1. The van der Waals surface area contributed by atoms with Crippen molar-refractivity contribution in [3.63, 3.8) is 0 Å². The number of rotatable bonds is 17. The second-order valence-corrected chi connectivity index (χ2v) is 18.0. The number of fused-ring (bicyclic) bond motifs is 2. The first-order valence-corrected chi connectivity index (χ1v) is 24.9. The molecule has 0 fully saturated rings. The van der Waals surface area contributed by atoms with Gasteiger partial charge in [0.1, 0.15) is 45.7 Å². The molecule has 6 N–H and O–H groups in total. The minimum Gasteiger partial charge on any atom is -0.497 e. The molecule has 0 saturated heterocycles. The number of carboxylic acids is 1. The van der Waals surface area contributed by atoms with E-state index in [4.69, 9.17) is 9.84 Å². The molecule has 36 heteroatoms. The Hall–Kier alpha value is -10.3. The number of carbonyl (C=O) groups is 3. The zero-order chi connectivity index (χ0) is 64.2. The summed E-state index contributed by atoms with van der Waals surface area (Å²) in [5, 5.41) is 18.3. The second kappa shape index (κ2) is 27.4. The minimum absolute atomic E-state index is 0.0168. The molecular weight excluding hydrogens is 1210 g/mol. The van der Waals surface area contributed by atoms with Crippen LogP contribution in [0.25, 0.3) is 45.4 Å². The lowest BCUT2D eigenvalue weighted by atomic mass is 10.2. The van der Waals surface area contributed by atoms with E-state index in [9.17, 15) is 80.2 Å². The van der Waals surface area contributed by atoms with Gasteiger partial charge < -0.3 is 40.7 Å². The van der Waals surface area contributed by atoms with Crippen molar-refractivity contribution >= 4 is 74.8 Å². The van der Waals surface area contributed by atoms with E-state index in [1.54, 1.807) is 23.8 Å². The summed E-state index contributed by atoms with van der Waals surface area (Å²) < 4.78 is 194. The van der Waals surface area contributed by atoms with Gasteiger partial charge in [-0.3, -0.25) is 14.4 Å². The molecule has 2 amide bonds. The molecule has 0 bridgehead atoms. The lowest BCUT2D eigenvalue weighted by Crippen LogP contribution is -2.17. The molecule has 88 heavy (non-hydrogen) atoms. The van der Waals surface area contributed by atoms with Crippen LogP contribution in [0.5, 0.6) is 5.75 Å². The van der Waals surface area contributed by atoms with Gasteiger partial charge in [0.2, 0.25) is 11.8 Å². The number of carbonyl (C=O) groups excluding carboxylic acids is 2. The third-order valence-corrected chi connectivity index (χ3v) is 11.3. The van der Waals surface area contributed by atoms with Crippen LogP contribution in [0.1, 0.15) is 55.5 Å². The van der Waals surface area contributed by atoms with Crippen LogP contribution in [-0.2, 0) is 33.3 Å².